The second kappa shape index (κ2) is 11.4. The number of phenols is 1. The van der Waals surface area contributed by atoms with Gasteiger partial charge in [0.05, 0.1) is 0 Å². The van der Waals surface area contributed by atoms with Gasteiger partial charge in [-0.3, -0.25) is 0 Å². The third kappa shape index (κ3) is 7.50. The first-order valence-corrected chi connectivity index (χ1v) is 12.6. The lowest BCUT2D eigenvalue weighted by Crippen LogP contribution is -2.36. The minimum atomic E-state index is -0.0620. The molecule has 1 N–H and O–H groups in total. The molecule has 3 atom stereocenters. The molecule has 1 aliphatic rings. The number of fused-ring (bicyclic) bond motifs is 1. The van der Waals surface area contributed by atoms with Gasteiger partial charge in [-0.05, 0) is 81.4 Å². The first kappa shape index (κ1) is 25.1. The molecule has 0 aliphatic carbocycles. The zero-order chi connectivity index (χ0) is 22.3. The van der Waals surface area contributed by atoms with E-state index in [1.54, 1.807) is 0 Å². The van der Waals surface area contributed by atoms with Gasteiger partial charge in [0, 0.05) is 5.56 Å². The Hall–Kier alpha value is -1.18. The molecule has 0 saturated carbocycles. The van der Waals surface area contributed by atoms with Crippen molar-refractivity contribution in [2.75, 3.05) is 0 Å². The predicted molar refractivity (Wildman–Crippen MR) is 130 cm³/mol. The van der Waals surface area contributed by atoms with Crippen LogP contribution in [-0.4, -0.2) is 10.7 Å². The fourth-order valence-corrected chi connectivity index (χ4v) is 5.06. The van der Waals surface area contributed by atoms with Gasteiger partial charge in [-0.15, -0.1) is 0 Å². The molecular weight excluding hydrogens is 368 g/mol. The second-order valence-corrected chi connectivity index (χ2v) is 11.1. The molecule has 0 bridgehead atoms. The number of benzene rings is 1. The highest BCUT2D eigenvalue weighted by atomic mass is 16.5. The van der Waals surface area contributed by atoms with Crippen LogP contribution in [0.15, 0.2) is 6.07 Å². The summed E-state index contributed by atoms with van der Waals surface area (Å²) in [4.78, 5) is 0. The number of rotatable bonds is 12. The molecule has 2 heteroatoms. The summed E-state index contributed by atoms with van der Waals surface area (Å²) < 4.78 is 6.47. The molecule has 0 amide bonds. The number of hydrogen-bond acceptors (Lipinski definition) is 2. The lowest BCUT2D eigenvalue weighted by Gasteiger charge is -2.37. The van der Waals surface area contributed by atoms with Gasteiger partial charge in [-0.1, -0.05) is 72.6 Å². The van der Waals surface area contributed by atoms with Gasteiger partial charge in [-0.2, -0.15) is 0 Å². The highest BCUT2D eigenvalue weighted by molar-refractivity contribution is 5.53. The molecule has 0 radical (unpaired) electrons. The van der Waals surface area contributed by atoms with E-state index in [2.05, 4.69) is 34.6 Å². The van der Waals surface area contributed by atoms with Crippen LogP contribution in [0.4, 0.5) is 0 Å². The topological polar surface area (TPSA) is 29.5 Å². The summed E-state index contributed by atoms with van der Waals surface area (Å²) in [7, 11) is 0. The number of hydrogen-bond donors (Lipinski definition) is 1. The highest BCUT2D eigenvalue weighted by Gasteiger charge is 2.32. The lowest BCUT2D eigenvalue weighted by molar-refractivity contribution is 0.0520. The Morgan fingerprint density at radius 2 is 1.50 bits per heavy atom. The zero-order valence-electron chi connectivity index (χ0n) is 20.9. The van der Waals surface area contributed by atoms with Crippen LogP contribution < -0.4 is 4.74 Å². The summed E-state index contributed by atoms with van der Waals surface area (Å²) in [6, 6.07) is 2.03. The highest BCUT2D eigenvalue weighted by Crippen LogP contribution is 2.41. The molecule has 1 aliphatic heterocycles. The van der Waals surface area contributed by atoms with Gasteiger partial charge in [0.15, 0.2) is 0 Å². The first-order valence-electron chi connectivity index (χ1n) is 12.6. The van der Waals surface area contributed by atoms with Crippen LogP contribution in [0.5, 0.6) is 11.5 Å². The third-order valence-electron chi connectivity index (χ3n) is 7.36. The SMILES string of the molecule is Cc1cc2c(c(C)c1O)CCC(C)(CCC[C@H](C)CCC[C@H](C)CCCC(C)C)O2. The number of ether oxygens (including phenoxy) is 1. The van der Waals surface area contributed by atoms with Gasteiger partial charge < -0.3 is 9.84 Å². The van der Waals surface area contributed by atoms with Crippen LogP contribution in [0.3, 0.4) is 0 Å². The van der Waals surface area contributed by atoms with Crippen LogP contribution in [0, 0.1) is 31.6 Å². The van der Waals surface area contributed by atoms with E-state index in [0.29, 0.717) is 5.75 Å². The maximum atomic E-state index is 10.2. The largest absolute Gasteiger partial charge is 0.507 e. The average molecular weight is 417 g/mol. The Morgan fingerprint density at radius 1 is 0.933 bits per heavy atom. The van der Waals surface area contributed by atoms with Crippen molar-refractivity contribution in [1.29, 1.82) is 0 Å². The molecule has 1 aromatic carbocycles. The smallest absolute Gasteiger partial charge is 0.124 e. The first-order chi connectivity index (χ1) is 14.1. The summed E-state index contributed by atoms with van der Waals surface area (Å²) in [5, 5.41) is 10.2. The third-order valence-corrected chi connectivity index (χ3v) is 7.36. The molecular formula is C28H48O2. The van der Waals surface area contributed by atoms with Crippen LogP contribution in [0.1, 0.15) is 116 Å². The van der Waals surface area contributed by atoms with Crippen molar-refractivity contribution in [2.45, 2.75) is 125 Å². The van der Waals surface area contributed by atoms with Crippen molar-refractivity contribution in [2.24, 2.45) is 17.8 Å². The van der Waals surface area contributed by atoms with E-state index in [4.69, 9.17) is 4.74 Å². The molecule has 1 heterocycles. The van der Waals surface area contributed by atoms with Gasteiger partial charge in [0.2, 0.25) is 0 Å². The fraction of sp³-hybridized carbons (Fsp3) is 0.786. The Labute approximate surface area is 186 Å². The van der Waals surface area contributed by atoms with E-state index in [1.165, 1.54) is 56.9 Å². The molecule has 0 fully saturated rings. The zero-order valence-corrected chi connectivity index (χ0v) is 20.9. The molecule has 0 saturated heterocycles. The molecule has 1 unspecified atom stereocenters. The van der Waals surface area contributed by atoms with Crippen LogP contribution >= 0.6 is 0 Å². The standard InChI is InChI=1S/C28H48O2/c1-20(2)11-8-12-21(3)13-9-14-22(4)15-10-17-28(7)18-16-25-24(6)27(29)23(5)19-26(25)30-28/h19-22,29H,8-18H2,1-7H3/t21-,22-,28?/m1/s1. The van der Waals surface area contributed by atoms with Crippen molar-refractivity contribution in [3.63, 3.8) is 0 Å². The number of aryl methyl sites for hydroxylation is 1. The van der Waals surface area contributed by atoms with Crippen LogP contribution in [0.2, 0.25) is 0 Å². The van der Waals surface area contributed by atoms with Gasteiger partial charge in [0.25, 0.3) is 0 Å². The molecule has 30 heavy (non-hydrogen) atoms. The van der Waals surface area contributed by atoms with E-state index in [-0.39, 0.29) is 5.60 Å². The molecule has 172 valence electrons. The van der Waals surface area contributed by atoms with Gasteiger partial charge >= 0.3 is 0 Å². The molecule has 1 aromatic rings. The van der Waals surface area contributed by atoms with Gasteiger partial charge in [0.1, 0.15) is 17.1 Å². The van der Waals surface area contributed by atoms with E-state index in [1.807, 2.05) is 19.9 Å². The lowest BCUT2D eigenvalue weighted by atomic mass is 9.85. The Balaban J connectivity index is 1.68. The summed E-state index contributed by atoms with van der Waals surface area (Å²) in [5.74, 6) is 3.98. The van der Waals surface area contributed by atoms with Gasteiger partial charge in [-0.25, -0.2) is 0 Å². The molecule has 2 rings (SSSR count). The van der Waals surface area contributed by atoms with Crippen LogP contribution in [-0.2, 0) is 6.42 Å². The average Bonchev–Trinajstić information content (AvgIpc) is 2.65. The maximum Gasteiger partial charge on any atom is 0.124 e. The molecule has 0 spiro atoms. The van der Waals surface area contributed by atoms with E-state index < -0.39 is 0 Å². The second-order valence-electron chi connectivity index (χ2n) is 11.1. The molecule has 2 nitrogen and oxygen atoms in total. The van der Waals surface area contributed by atoms with Crippen molar-refractivity contribution >= 4 is 0 Å². The maximum absolute atomic E-state index is 10.2. The minimum absolute atomic E-state index is 0.0620. The van der Waals surface area contributed by atoms with E-state index in [9.17, 15) is 5.11 Å². The summed E-state index contributed by atoms with van der Waals surface area (Å²) in [5.41, 5.74) is 3.06. The summed E-state index contributed by atoms with van der Waals surface area (Å²) in [6.07, 6.45) is 14.1. The molecule has 0 aromatic heterocycles. The summed E-state index contributed by atoms with van der Waals surface area (Å²) >= 11 is 0. The van der Waals surface area contributed by atoms with Crippen molar-refractivity contribution in [1.82, 2.24) is 0 Å². The van der Waals surface area contributed by atoms with Crippen LogP contribution in [0.25, 0.3) is 0 Å². The Bertz CT molecular complexity index is 663. The Kier molecular flexibility index (Phi) is 9.57. The fourth-order valence-electron chi connectivity index (χ4n) is 5.06. The van der Waals surface area contributed by atoms with E-state index >= 15 is 0 Å². The van der Waals surface area contributed by atoms with Crippen molar-refractivity contribution in [3.05, 3.63) is 22.8 Å². The Morgan fingerprint density at radius 3 is 2.10 bits per heavy atom. The van der Waals surface area contributed by atoms with Crippen molar-refractivity contribution in [3.8, 4) is 11.5 Å². The number of aromatic hydroxyl groups is 1. The quantitative estimate of drug-likeness (QED) is 0.370. The monoisotopic (exact) mass is 416 g/mol. The summed E-state index contributed by atoms with van der Waals surface area (Å²) in [6.45, 7) is 15.8. The normalized spacial score (nSPS) is 20.7. The predicted octanol–water partition coefficient (Wildman–Crippen LogP) is 8.53. The number of phenolic OH excluding ortho intramolecular Hbond substituents is 1. The van der Waals surface area contributed by atoms with E-state index in [0.717, 1.165) is 53.9 Å². The minimum Gasteiger partial charge on any atom is -0.507 e. The van der Waals surface area contributed by atoms with Crippen molar-refractivity contribution < 1.29 is 9.84 Å².